The first kappa shape index (κ1) is 17.2. The van der Waals surface area contributed by atoms with Gasteiger partial charge in [-0.25, -0.2) is 0 Å². The molecule has 0 saturated heterocycles. The molecule has 0 saturated carbocycles. The van der Waals surface area contributed by atoms with Crippen molar-refractivity contribution in [2.45, 2.75) is 40.0 Å². The van der Waals surface area contributed by atoms with Gasteiger partial charge in [0, 0.05) is 0 Å². The average Bonchev–Trinajstić information content (AvgIpc) is 2.41. The zero-order valence-electron chi connectivity index (χ0n) is 13.2. The van der Waals surface area contributed by atoms with Crippen molar-refractivity contribution in [1.29, 1.82) is 0 Å². The first-order valence-corrected chi connectivity index (χ1v) is 7.41. The van der Waals surface area contributed by atoms with Crippen LogP contribution in [0.1, 0.15) is 44.7 Å². The summed E-state index contributed by atoms with van der Waals surface area (Å²) in [5.41, 5.74) is 1.79. The van der Waals surface area contributed by atoms with Crippen molar-refractivity contribution in [2.75, 3.05) is 13.2 Å². The average molecular weight is 292 g/mol. The van der Waals surface area contributed by atoms with E-state index in [2.05, 4.69) is 13.8 Å². The number of ether oxygens (including phenoxy) is 2. The molecular formula is C17H24O4. The number of carbonyl (C=O) groups excluding carboxylic acids is 2. The first-order chi connectivity index (χ1) is 9.99. The Morgan fingerprint density at radius 2 is 1.43 bits per heavy atom. The number of esters is 2. The Bertz CT molecular complexity index is 444. The highest BCUT2D eigenvalue weighted by atomic mass is 16.6. The molecule has 0 heterocycles. The Morgan fingerprint density at radius 3 is 1.81 bits per heavy atom. The summed E-state index contributed by atoms with van der Waals surface area (Å²) in [6.45, 7) is 8.19. The lowest BCUT2D eigenvalue weighted by molar-refractivity contribution is -0.156. The SMILES string of the molecule is CCOC(=O)C(C(=O)OCC)c1ccc(CC(C)C)cc1. The zero-order valence-corrected chi connectivity index (χ0v) is 13.2. The number of rotatable bonds is 7. The largest absolute Gasteiger partial charge is 0.465 e. The molecule has 0 aliphatic rings. The van der Waals surface area contributed by atoms with Crippen molar-refractivity contribution >= 4 is 11.9 Å². The van der Waals surface area contributed by atoms with Gasteiger partial charge in [-0.2, -0.15) is 0 Å². The molecule has 0 fully saturated rings. The van der Waals surface area contributed by atoms with Gasteiger partial charge in [0.15, 0.2) is 5.92 Å². The fourth-order valence-corrected chi connectivity index (χ4v) is 2.14. The molecule has 0 bridgehead atoms. The molecule has 21 heavy (non-hydrogen) atoms. The summed E-state index contributed by atoms with van der Waals surface area (Å²) >= 11 is 0. The first-order valence-electron chi connectivity index (χ1n) is 7.41. The normalized spacial score (nSPS) is 10.8. The molecule has 0 atom stereocenters. The predicted octanol–water partition coefficient (Wildman–Crippen LogP) is 3.09. The second-order valence-corrected chi connectivity index (χ2v) is 5.28. The van der Waals surface area contributed by atoms with Gasteiger partial charge in [0.05, 0.1) is 13.2 Å². The van der Waals surface area contributed by atoms with Crippen molar-refractivity contribution < 1.29 is 19.1 Å². The van der Waals surface area contributed by atoms with E-state index < -0.39 is 17.9 Å². The minimum absolute atomic E-state index is 0.236. The highest BCUT2D eigenvalue weighted by molar-refractivity contribution is 6.00. The summed E-state index contributed by atoms with van der Waals surface area (Å²) in [5.74, 6) is -1.57. The van der Waals surface area contributed by atoms with Gasteiger partial charge in [-0.15, -0.1) is 0 Å². The van der Waals surface area contributed by atoms with E-state index in [1.807, 2.05) is 12.1 Å². The molecular weight excluding hydrogens is 268 g/mol. The summed E-state index contributed by atoms with van der Waals surface area (Å²) < 4.78 is 9.96. The van der Waals surface area contributed by atoms with Gasteiger partial charge in [-0.05, 0) is 37.3 Å². The third kappa shape index (κ3) is 5.21. The van der Waals surface area contributed by atoms with Crippen LogP contribution in [0.5, 0.6) is 0 Å². The molecule has 0 amide bonds. The van der Waals surface area contributed by atoms with Gasteiger partial charge < -0.3 is 9.47 Å². The quantitative estimate of drug-likeness (QED) is 0.572. The van der Waals surface area contributed by atoms with Crippen molar-refractivity contribution in [3.63, 3.8) is 0 Å². The lowest BCUT2D eigenvalue weighted by Gasteiger charge is -2.15. The van der Waals surface area contributed by atoms with Crippen LogP contribution in [0, 0.1) is 5.92 Å². The van der Waals surface area contributed by atoms with E-state index in [-0.39, 0.29) is 13.2 Å². The second-order valence-electron chi connectivity index (χ2n) is 5.28. The van der Waals surface area contributed by atoms with Crippen LogP contribution in [0.25, 0.3) is 0 Å². The molecule has 0 N–H and O–H groups in total. The lowest BCUT2D eigenvalue weighted by Crippen LogP contribution is -2.26. The van der Waals surface area contributed by atoms with E-state index in [4.69, 9.17) is 9.47 Å². The van der Waals surface area contributed by atoms with Crippen molar-refractivity contribution in [3.05, 3.63) is 35.4 Å². The van der Waals surface area contributed by atoms with Gasteiger partial charge in [0.1, 0.15) is 0 Å². The van der Waals surface area contributed by atoms with E-state index in [1.54, 1.807) is 26.0 Å². The molecule has 0 unspecified atom stereocenters. The molecule has 0 aliphatic carbocycles. The van der Waals surface area contributed by atoms with E-state index in [1.165, 1.54) is 5.56 Å². The number of benzene rings is 1. The number of hydrogen-bond acceptors (Lipinski definition) is 4. The fourth-order valence-electron chi connectivity index (χ4n) is 2.14. The van der Waals surface area contributed by atoms with Crippen LogP contribution >= 0.6 is 0 Å². The van der Waals surface area contributed by atoms with Crippen LogP contribution in [0.2, 0.25) is 0 Å². The summed E-state index contributed by atoms with van der Waals surface area (Å²) in [6.07, 6.45) is 0.962. The van der Waals surface area contributed by atoms with Crippen LogP contribution in [0.4, 0.5) is 0 Å². The minimum atomic E-state index is -1.00. The highest BCUT2D eigenvalue weighted by Crippen LogP contribution is 2.21. The van der Waals surface area contributed by atoms with Gasteiger partial charge in [0.2, 0.25) is 0 Å². The maximum absolute atomic E-state index is 12.0. The fraction of sp³-hybridized carbons (Fsp3) is 0.529. The molecule has 0 spiro atoms. The highest BCUT2D eigenvalue weighted by Gasteiger charge is 2.31. The van der Waals surface area contributed by atoms with Crippen LogP contribution < -0.4 is 0 Å². The summed E-state index contributed by atoms with van der Waals surface area (Å²) in [7, 11) is 0. The molecule has 1 rings (SSSR count). The van der Waals surface area contributed by atoms with Gasteiger partial charge in [-0.1, -0.05) is 38.1 Å². The van der Waals surface area contributed by atoms with Gasteiger partial charge in [-0.3, -0.25) is 9.59 Å². The minimum Gasteiger partial charge on any atom is -0.465 e. The lowest BCUT2D eigenvalue weighted by atomic mass is 9.95. The Balaban J connectivity index is 2.97. The van der Waals surface area contributed by atoms with Crippen LogP contribution in [-0.2, 0) is 25.5 Å². The summed E-state index contributed by atoms with van der Waals surface area (Å²) in [5, 5.41) is 0. The third-order valence-electron chi connectivity index (χ3n) is 3.00. The standard InChI is InChI=1S/C17H24O4/c1-5-20-16(18)15(17(19)21-6-2)14-9-7-13(8-10-14)11-12(3)4/h7-10,12,15H,5-6,11H2,1-4H3. The van der Waals surface area contributed by atoms with Gasteiger partial charge in [0.25, 0.3) is 0 Å². The molecule has 0 aliphatic heterocycles. The zero-order chi connectivity index (χ0) is 15.8. The molecule has 0 aromatic heterocycles. The Kier molecular flexibility index (Phi) is 6.92. The van der Waals surface area contributed by atoms with E-state index >= 15 is 0 Å². The third-order valence-corrected chi connectivity index (χ3v) is 3.00. The van der Waals surface area contributed by atoms with E-state index in [0.717, 1.165) is 6.42 Å². The Labute approximate surface area is 126 Å². The molecule has 1 aromatic rings. The molecule has 116 valence electrons. The Morgan fingerprint density at radius 1 is 0.952 bits per heavy atom. The number of carbonyl (C=O) groups is 2. The second kappa shape index (κ2) is 8.45. The van der Waals surface area contributed by atoms with Crippen molar-refractivity contribution in [3.8, 4) is 0 Å². The van der Waals surface area contributed by atoms with Gasteiger partial charge >= 0.3 is 11.9 Å². The molecule has 4 heteroatoms. The summed E-state index contributed by atoms with van der Waals surface area (Å²) in [6, 6.07) is 7.49. The topological polar surface area (TPSA) is 52.6 Å². The van der Waals surface area contributed by atoms with Crippen LogP contribution in [0.15, 0.2) is 24.3 Å². The molecule has 4 nitrogen and oxygen atoms in total. The number of hydrogen-bond donors (Lipinski definition) is 0. The van der Waals surface area contributed by atoms with Crippen molar-refractivity contribution in [1.82, 2.24) is 0 Å². The van der Waals surface area contributed by atoms with E-state index in [9.17, 15) is 9.59 Å². The predicted molar refractivity (Wildman–Crippen MR) is 81.0 cm³/mol. The van der Waals surface area contributed by atoms with Crippen molar-refractivity contribution in [2.24, 2.45) is 5.92 Å². The monoisotopic (exact) mass is 292 g/mol. The maximum Gasteiger partial charge on any atom is 0.324 e. The smallest absolute Gasteiger partial charge is 0.324 e. The van der Waals surface area contributed by atoms with Crippen LogP contribution in [0.3, 0.4) is 0 Å². The van der Waals surface area contributed by atoms with Crippen LogP contribution in [-0.4, -0.2) is 25.2 Å². The maximum atomic E-state index is 12.0. The summed E-state index contributed by atoms with van der Waals surface area (Å²) in [4.78, 5) is 24.0. The van der Waals surface area contributed by atoms with E-state index in [0.29, 0.717) is 11.5 Å². The molecule has 0 radical (unpaired) electrons. The molecule has 1 aromatic carbocycles. The Hall–Kier alpha value is -1.84.